The van der Waals surface area contributed by atoms with Crippen molar-refractivity contribution < 1.29 is 20.4 Å². The van der Waals surface area contributed by atoms with E-state index in [1.165, 1.54) is 0 Å². The Hall–Kier alpha value is -0.160. The average molecular weight is 192 g/mol. The van der Waals surface area contributed by atoms with Crippen molar-refractivity contribution in [1.82, 2.24) is 0 Å². The van der Waals surface area contributed by atoms with Gasteiger partial charge in [0.15, 0.2) is 0 Å². The summed E-state index contributed by atoms with van der Waals surface area (Å²) in [5.74, 6) is -0.436. The summed E-state index contributed by atoms with van der Waals surface area (Å²) in [6, 6.07) is 0. The van der Waals surface area contributed by atoms with Gasteiger partial charge >= 0.3 is 0 Å². The van der Waals surface area contributed by atoms with Crippen LogP contribution in [0.1, 0.15) is 20.8 Å². The molecule has 4 N–H and O–H groups in total. The fourth-order valence-electron chi connectivity index (χ4n) is 1.27. The van der Waals surface area contributed by atoms with Gasteiger partial charge in [0.2, 0.25) is 0 Å². The first-order valence-electron chi connectivity index (χ1n) is 4.42. The van der Waals surface area contributed by atoms with Gasteiger partial charge in [0.25, 0.3) is 0 Å². The normalized spacial score (nSPS) is 19.6. The van der Waals surface area contributed by atoms with Crippen molar-refractivity contribution in [2.24, 2.45) is 11.3 Å². The molecule has 3 atom stereocenters. The minimum atomic E-state index is -1.18. The van der Waals surface area contributed by atoms with Crippen molar-refractivity contribution in [3.8, 4) is 0 Å². The van der Waals surface area contributed by atoms with Gasteiger partial charge in [-0.1, -0.05) is 20.8 Å². The summed E-state index contributed by atoms with van der Waals surface area (Å²) >= 11 is 0. The molecule has 0 amide bonds. The first kappa shape index (κ1) is 12.8. The molecule has 80 valence electrons. The number of aliphatic hydroxyl groups excluding tert-OH is 4. The molecule has 0 saturated carbocycles. The maximum atomic E-state index is 9.54. The Bertz CT molecular complexity index is 141. The van der Waals surface area contributed by atoms with Crippen LogP contribution in [0.5, 0.6) is 0 Å². The van der Waals surface area contributed by atoms with E-state index in [4.69, 9.17) is 10.2 Å². The highest BCUT2D eigenvalue weighted by Crippen LogP contribution is 2.29. The largest absolute Gasteiger partial charge is 0.396 e. The Morgan fingerprint density at radius 3 is 1.69 bits per heavy atom. The third-order valence-corrected chi connectivity index (χ3v) is 2.30. The van der Waals surface area contributed by atoms with Crippen molar-refractivity contribution in [3.63, 3.8) is 0 Å². The molecular weight excluding hydrogens is 172 g/mol. The Kier molecular flexibility index (Phi) is 4.85. The fourth-order valence-corrected chi connectivity index (χ4v) is 1.27. The van der Waals surface area contributed by atoms with Gasteiger partial charge in [0.1, 0.15) is 6.10 Å². The molecule has 0 aliphatic carbocycles. The van der Waals surface area contributed by atoms with Crippen LogP contribution in [0.25, 0.3) is 0 Å². The molecule has 0 aliphatic heterocycles. The van der Waals surface area contributed by atoms with Gasteiger partial charge in [-0.2, -0.15) is 0 Å². The van der Waals surface area contributed by atoms with E-state index in [9.17, 15) is 10.2 Å². The molecule has 0 saturated heterocycles. The van der Waals surface area contributed by atoms with Crippen molar-refractivity contribution in [3.05, 3.63) is 0 Å². The number of aliphatic hydroxyl groups is 4. The van der Waals surface area contributed by atoms with E-state index in [0.29, 0.717) is 0 Å². The zero-order valence-corrected chi connectivity index (χ0v) is 8.44. The SMILES string of the molecule is CC(C)(C)C(CO)[C@H](O)[C@H](O)CO. The number of hydrogen-bond acceptors (Lipinski definition) is 4. The van der Waals surface area contributed by atoms with Gasteiger partial charge in [-0.15, -0.1) is 0 Å². The number of rotatable bonds is 4. The van der Waals surface area contributed by atoms with Crippen LogP contribution >= 0.6 is 0 Å². The van der Waals surface area contributed by atoms with E-state index < -0.39 is 24.7 Å². The van der Waals surface area contributed by atoms with Gasteiger partial charge in [0.05, 0.1) is 12.7 Å². The molecule has 1 unspecified atom stereocenters. The van der Waals surface area contributed by atoms with Crippen molar-refractivity contribution in [2.75, 3.05) is 13.2 Å². The van der Waals surface area contributed by atoms with Gasteiger partial charge in [-0.25, -0.2) is 0 Å². The minimum absolute atomic E-state index is 0.207. The van der Waals surface area contributed by atoms with Crippen LogP contribution in [0.4, 0.5) is 0 Å². The topological polar surface area (TPSA) is 80.9 Å². The lowest BCUT2D eigenvalue weighted by Crippen LogP contribution is -2.43. The molecule has 0 aromatic heterocycles. The van der Waals surface area contributed by atoms with E-state index in [1.54, 1.807) is 0 Å². The molecule has 0 heterocycles. The summed E-state index contributed by atoms with van der Waals surface area (Å²) in [5.41, 5.74) is -0.301. The fraction of sp³-hybridized carbons (Fsp3) is 1.00. The Morgan fingerprint density at radius 1 is 1.00 bits per heavy atom. The van der Waals surface area contributed by atoms with Crippen LogP contribution in [0, 0.1) is 11.3 Å². The van der Waals surface area contributed by atoms with Crippen LogP contribution in [-0.4, -0.2) is 45.8 Å². The van der Waals surface area contributed by atoms with E-state index in [2.05, 4.69) is 0 Å². The molecule has 4 heteroatoms. The molecule has 13 heavy (non-hydrogen) atoms. The third kappa shape index (κ3) is 3.60. The van der Waals surface area contributed by atoms with Crippen molar-refractivity contribution >= 4 is 0 Å². The van der Waals surface area contributed by atoms with Gasteiger partial charge in [-0.3, -0.25) is 0 Å². The Labute approximate surface area is 78.8 Å². The van der Waals surface area contributed by atoms with Gasteiger partial charge in [-0.05, 0) is 5.41 Å². The molecular formula is C9H20O4. The van der Waals surface area contributed by atoms with E-state index in [-0.39, 0.29) is 12.0 Å². The molecule has 0 aromatic carbocycles. The Morgan fingerprint density at radius 2 is 1.46 bits per heavy atom. The van der Waals surface area contributed by atoms with E-state index in [0.717, 1.165) is 0 Å². The van der Waals surface area contributed by atoms with E-state index in [1.807, 2.05) is 20.8 Å². The third-order valence-electron chi connectivity index (χ3n) is 2.30. The molecule has 4 nitrogen and oxygen atoms in total. The maximum absolute atomic E-state index is 9.54. The molecule has 0 aliphatic rings. The summed E-state index contributed by atoms with van der Waals surface area (Å²) in [6.07, 6.45) is -2.27. The summed E-state index contributed by atoms with van der Waals surface area (Å²) in [6.45, 7) is 4.89. The molecule has 0 spiro atoms. The second kappa shape index (κ2) is 4.91. The highest BCUT2D eigenvalue weighted by Gasteiger charge is 2.34. The first-order valence-corrected chi connectivity index (χ1v) is 4.42. The standard InChI is InChI=1S/C9H20O4/c1-9(2,3)6(4-10)8(13)7(12)5-11/h6-8,10-13H,4-5H2,1-3H3/t6?,7-,8+/m1/s1. The second-order valence-electron chi connectivity index (χ2n) is 4.40. The maximum Gasteiger partial charge on any atom is 0.103 e. The highest BCUT2D eigenvalue weighted by molar-refractivity contribution is 4.83. The second-order valence-corrected chi connectivity index (χ2v) is 4.40. The highest BCUT2D eigenvalue weighted by atomic mass is 16.4. The molecule has 0 radical (unpaired) electrons. The molecule has 0 fully saturated rings. The summed E-state index contributed by atoms with van der Waals surface area (Å²) < 4.78 is 0. The summed E-state index contributed by atoms with van der Waals surface area (Å²) in [5, 5.41) is 36.4. The predicted molar refractivity (Wildman–Crippen MR) is 49.1 cm³/mol. The number of hydrogen-bond donors (Lipinski definition) is 4. The lowest BCUT2D eigenvalue weighted by atomic mass is 9.76. The Balaban J connectivity index is 4.40. The van der Waals surface area contributed by atoms with Crippen molar-refractivity contribution in [1.29, 1.82) is 0 Å². The zero-order valence-electron chi connectivity index (χ0n) is 8.44. The van der Waals surface area contributed by atoms with Crippen LogP contribution in [0.2, 0.25) is 0 Å². The van der Waals surface area contributed by atoms with Crippen LogP contribution in [0.3, 0.4) is 0 Å². The molecule has 0 bridgehead atoms. The lowest BCUT2D eigenvalue weighted by Gasteiger charge is -2.34. The van der Waals surface area contributed by atoms with Crippen LogP contribution in [-0.2, 0) is 0 Å². The quantitative estimate of drug-likeness (QED) is 0.477. The minimum Gasteiger partial charge on any atom is -0.396 e. The lowest BCUT2D eigenvalue weighted by molar-refractivity contribution is -0.0823. The smallest absolute Gasteiger partial charge is 0.103 e. The summed E-state index contributed by atoms with van der Waals surface area (Å²) in [4.78, 5) is 0. The van der Waals surface area contributed by atoms with Crippen molar-refractivity contribution in [2.45, 2.75) is 33.0 Å². The molecule has 0 aromatic rings. The van der Waals surface area contributed by atoms with Crippen LogP contribution < -0.4 is 0 Å². The van der Waals surface area contributed by atoms with Crippen LogP contribution in [0.15, 0.2) is 0 Å². The average Bonchev–Trinajstić information content (AvgIpc) is 2.01. The molecule has 0 rings (SSSR count). The summed E-state index contributed by atoms with van der Waals surface area (Å²) in [7, 11) is 0. The zero-order chi connectivity index (χ0) is 10.6. The van der Waals surface area contributed by atoms with E-state index >= 15 is 0 Å². The first-order chi connectivity index (χ1) is 5.84. The van der Waals surface area contributed by atoms with Gasteiger partial charge < -0.3 is 20.4 Å². The predicted octanol–water partition coefficient (Wildman–Crippen LogP) is -0.645. The monoisotopic (exact) mass is 192 g/mol. The van der Waals surface area contributed by atoms with Gasteiger partial charge in [0, 0.05) is 12.5 Å².